The van der Waals surface area contributed by atoms with Crippen molar-refractivity contribution in [3.63, 3.8) is 0 Å². The maximum absolute atomic E-state index is 13.2. The molecule has 0 aliphatic carbocycles. The van der Waals surface area contributed by atoms with Crippen LogP contribution in [0.25, 0.3) is 0 Å². The fraction of sp³-hybridized carbons (Fsp3) is 0.480. The molecule has 196 valence electrons. The molecule has 0 spiro atoms. The zero-order chi connectivity index (χ0) is 26.1. The number of ether oxygens (including phenoxy) is 1. The molecule has 1 aromatic carbocycles. The molecular formula is C25H31F3N4O4. The lowest BCUT2D eigenvalue weighted by molar-refractivity contribution is -0.141. The first-order valence-corrected chi connectivity index (χ1v) is 11.9. The predicted octanol–water partition coefficient (Wildman–Crippen LogP) is 3.68. The number of rotatable bonds is 10. The molecule has 1 aliphatic rings. The molecule has 0 saturated carbocycles. The predicted molar refractivity (Wildman–Crippen MR) is 127 cm³/mol. The third-order valence-corrected chi connectivity index (χ3v) is 6.15. The standard InChI is InChI=1S/C25H31F3N4O4/c1-2-36-21-9-6-18(7-10-21)4-3-5-19(16-23(33)30-35)24(34)32-14-12-31(13-15-32)22-11-8-20(17-29-22)25(26,27)28/h6-11,17,19,35H,2-5,12-16H2,1H3,(H,30,33)/t19-/m1/s1. The Morgan fingerprint density at radius 1 is 1.11 bits per heavy atom. The topological polar surface area (TPSA) is 95.0 Å². The number of hydrogen-bond acceptors (Lipinski definition) is 6. The van der Waals surface area contributed by atoms with Gasteiger partial charge in [-0.15, -0.1) is 0 Å². The summed E-state index contributed by atoms with van der Waals surface area (Å²) in [6.07, 6.45) is -1.89. The zero-order valence-electron chi connectivity index (χ0n) is 20.1. The van der Waals surface area contributed by atoms with Gasteiger partial charge < -0.3 is 14.5 Å². The minimum Gasteiger partial charge on any atom is -0.494 e. The lowest BCUT2D eigenvalue weighted by atomic mass is 9.94. The van der Waals surface area contributed by atoms with Crippen molar-refractivity contribution in [2.24, 2.45) is 5.92 Å². The second-order valence-electron chi connectivity index (χ2n) is 8.62. The number of alkyl halides is 3. The fourth-order valence-electron chi connectivity index (χ4n) is 4.21. The van der Waals surface area contributed by atoms with Crippen molar-refractivity contribution in [1.29, 1.82) is 0 Å². The van der Waals surface area contributed by atoms with Gasteiger partial charge in [0.25, 0.3) is 0 Å². The number of benzene rings is 1. The maximum Gasteiger partial charge on any atom is 0.417 e. The van der Waals surface area contributed by atoms with Gasteiger partial charge in [0, 0.05) is 44.7 Å². The highest BCUT2D eigenvalue weighted by Crippen LogP contribution is 2.29. The quantitative estimate of drug-likeness (QED) is 0.376. The van der Waals surface area contributed by atoms with E-state index in [2.05, 4.69) is 4.98 Å². The van der Waals surface area contributed by atoms with E-state index in [-0.39, 0.29) is 12.3 Å². The molecule has 11 heteroatoms. The van der Waals surface area contributed by atoms with Crippen molar-refractivity contribution in [2.75, 3.05) is 37.7 Å². The van der Waals surface area contributed by atoms with Gasteiger partial charge in [0.2, 0.25) is 11.8 Å². The van der Waals surface area contributed by atoms with Gasteiger partial charge >= 0.3 is 6.18 Å². The summed E-state index contributed by atoms with van der Waals surface area (Å²) in [5.74, 6) is -0.177. The summed E-state index contributed by atoms with van der Waals surface area (Å²) in [7, 11) is 0. The van der Waals surface area contributed by atoms with Crippen LogP contribution in [0.1, 0.15) is 37.3 Å². The van der Waals surface area contributed by atoms with Crippen molar-refractivity contribution in [3.8, 4) is 5.75 Å². The molecule has 1 atom stereocenters. The van der Waals surface area contributed by atoms with Gasteiger partial charge in [-0.25, -0.2) is 10.5 Å². The van der Waals surface area contributed by atoms with E-state index >= 15 is 0 Å². The van der Waals surface area contributed by atoms with E-state index in [0.717, 1.165) is 30.0 Å². The normalized spacial score (nSPS) is 14.9. The van der Waals surface area contributed by atoms with E-state index in [1.165, 1.54) is 6.07 Å². The lowest BCUT2D eigenvalue weighted by Gasteiger charge is -2.37. The SMILES string of the molecule is CCOc1ccc(CCC[C@H](CC(=O)NO)C(=O)N2CCN(c3ccc(C(F)(F)F)cn3)CC2)cc1. The second-order valence-corrected chi connectivity index (χ2v) is 8.62. The Bertz CT molecular complexity index is 992. The van der Waals surface area contributed by atoms with E-state index in [1.807, 2.05) is 36.1 Å². The number of aromatic nitrogens is 1. The van der Waals surface area contributed by atoms with E-state index in [4.69, 9.17) is 9.94 Å². The first kappa shape index (κ1) is 27.3. The Labute approximate surface area is 208 Å². The molecule has 1 aromatic heterocycles. The van der Waals surface area contributed by atoms with E-state index in [0.29, 0.717) is 51.4 Å². The minimum atomic E-state index is -4.44. The number of aryl methyl sites for hydroxylation is 1. The van der Waals surface area contributed by atoms with Gasteiger partial charge in [0.05, 0.1) is 12.2 Å². The Morgan fingerprint density at radius 2 is 1.81 bits per heavy atom. The molecule has 8 nitrogen and oxygen atoms in total. The Balaban J connectivity index is 1.55. The van der Waals surface area contributed by atoms with Crippen LogP contribution < -0.4 is 15.1 Å². The smallest absolute Gasteiger partial charge is 0.417 e. The molecule has 2 N–H and O–H groups in total. The first-order chi connectivity index (χ1) is 17.2. The summed E-state index contributed by atoms with van der Waals surface area (Å²) in [5, 5.41) is 8.96. The zero-order valence-corrected chi connectivity index (χ0v) is 20.1. The molecule has 0 unspecified atom stereocenters. The summed E-state index contributed by atoms with van der Waals surface area (Å²) < 4.78 is 43.8. The molecule has 36 heavy (non-hydrogen) atoms. The number of halogens is 3. The maximum atomic E-state index is 13.2. The highest BCUT2D eigenvalue weighted by atomic mass is 19.4. The van der Waals surface area contributed by atoms with Crippen LogP contribution in [0.2, 0.25) is 0 Å². The summed E-state index contributed by atoms with van der Waals surface area (Å²) in [4.78, 5) is 32.4. The largest absolute Gasteiger partial charge is 0.494 e. The van der Waals surface area contributed by atoms with Gasteiger partial charge in [-0.2, -0.15) is 13.2 Å². The van der Waals surface area contributed by atoms with Crippen LogP contribution in [0.3, 0.4) is 0 Å². The van der Waals surface area contributed by atoms with E-state index < -0.39 is 23.6 Å². The van der Waals surface area contributed by atoms with Crippen LogP contribution >= 0.6 is 0 Å². The molecule has 1 fully saturated rings. The van der Waals surface area contributed by atoms with Crippen LogP contribution in [0.5, 0.6) is 5.75 Å². The fourth-order valence-corrected chi connectivity index (χ4v) is 4.21. The number of carbonyl (C=O) groups excluding carboxylic acids is 2. The molecule has 0 radical (unpaired) electrons. The van der Waals surface area contributed by atoms with Crippen LogP contribution in [0.4, 0.5) is 19.0 Å². The molecule has 2 heterocycles. The van der Waals surface area contributed by atoms with Crippen molar-refractivity contribution in [3.05, 3.63) is 53.7 Å². The molecule has 2 amide bonds. The van der Waals surface area contributed by atoms with Crippen LogP contribution in [-0.2, 0) is 22.2 Å². The van der Waals surface area contributed by atoms with Crippen molar-refractivity contribution < 1.29 is 32.7 Å². The van der Waals surface area contributed by atoms with E-state index in [9.17, 15) is 22.8 Å². The van der Waals surface area contributed by atoms with Gasteiger partial charge in [-0.05, 0) is 56.0 Å². The van der Waals surface area contributed by atoms with Gasteiger partial charge in [0.15, 0.2) is 0 Å². The number of nitrogens with zero attached hydrogens (tertiary/aromatic N) is 3. The van der Waals surface area contributed by atoms with Crippen molar-refractivity contribution in [2.45, 2.75) is 38.8 Å². The van der Waals surface area contributed by atoms with Crippen LogP contribution in [0, 0.1) is 5.92 Å². The number of carbonyl (C=O) groups is 2. The monoisotopic (exact) mass is 508 g/mol. The number of hydroxylamine groups is 1. The Morgan fingerprint density at radius 3 is 2.36 bits per heavy atom. The van der Waals surface area contributed by atoms with Crippen LogP contribution in [0.15, 0.2) is 42.6 Å². The third kappa shape index (κ3) is 7.58. The molecule has 1 aliphatic heterocycles. The number of amides is 2. The Kier molecular flexibility index (Phi) is 9.51. The number of nitrogens with one attached hydrogen (secondary N) is 1. The number of pyridine rings is 1. The minimum absolute atomic E-state index is 0.126. The van der Waals surface area contributed by atoms with Gasteiger partial charge in [0.1, 0.15) is 11.6 Å². The molecular weight excluding hydrogens is 477 g/mol. The third-order valence-electron chi connectivity index (χ3n) is 6.15. The second kappa shape index (κ2) is 12.6. The van der Waals surface area contributed by atoms with Gasteiger partial charge in [-0.3, -0.25) is 14.8 Å². The van der Waals surface area contributed by atoms with Crippen molar-refractivity contribution in [1.82, 2.24) is 15.4 Å². The molecule has 0 bridgehead atoms. The molecule has 3 rings (SSSR count). The summed E-state index contributed by atoms with van der Waals surface area (Å²) in [5.41, 5.74) is 1.88. The van der Waals surface area contributed by atoms with Gasteiger partial charge in [-0.1, -0.05) is 12.1 Å². The molecule has 2 aromatic rings. The number of piperazine rings is 1. The summed E-state index contributed by atoms with van der Waals surface area (Å²) >= 11 is 0. The highest BCUT2D eigenvalue weighted by Gasteiger charge is 2.32. The Hall–Kier alpha value is -3.34. The average Bonchev–Trinajstić information content (AvgIpc) is 2.88. The summed E-state index contributed by atoms with van der Waals surface area (Å²) in [6, 6.07) is 10.0. The number of hydrogen-bond donors (Lipinski definition) is 2. The average molecular weight is 509 g/mol. The van der Waals surface area contributed by atoms with E-state index in [1.54, 1.807) is 10.4 Å². The highest BCUT2D eigenvalue weighted by molar-refractivity contribution is 5.85. The summed E-state index contributed by atoms with van der Waals surface area (Å²) in [6.45, 7) is 4.05. The molecule has 1 saturated heterocycles. The first-order valence-electron chi connectivity index (χ1n) is 11.9. The lowest BCUT2D eigenvalue weighted by Crippen LogP contribution is -2.51. The van der Waals surface area contributed by atoms with Crippen molar-refractivity contribution >= 4 is 17.6 Å². The number of anilines is 1. The van der Waals surface area contributed by atoms with Crippen LogP contribution in [-0.4, -0.2) is 59.7 Å².